The smallest absolute Gasteiger partial charge is 0.192 e. The first-order valence-electron chi connectivity index (χ1n) is 18.5. The Hall–Kier alpha value is 1.19. The molecule has 0 unspecified atom stereocenters. The van der Waals surface area contributed by atoms with Crippen molar-refractivity contribution in [1.82, 2.24) is 0 Å². The summed E-state index contributed by atoms with van der Waals surface area (Å²) in [7, 11) is -5.51. The second-order valence-electron chi connectivity index (χ2n) is 17.8. The minimum Gasteiger partial charge on any atom is -0.416 e. The Kier molecular flexibility index (Phi) is 15.9. The monoisotopic (exact) mass is 720 g/mol. The maximum atomic E-state index is 11.8. The quantitative estimate of drug-likeness (QED) is 0.160. The van der Waals surface area contributed by atoms with Gasteiger partial charge in [0.2, 0.25) is 0 Å². The van der Waals surface area contributed by atoms with Gasteiger partial charge in [0.25, 0.3) is 0 Å². The fraction of sp³-hybridized carbons (Fsp3) is 1.00. The molecule has 0 radical (unpaired) electrons. The van der Waals surface area contributed by atoms with E-state index in [4.69, 9.17) is 13.3 Å². The molecule has 2 aliphatic rings. The Morgan fingerprint density at radius 2 is 1.29 bits per heavy atom. The molecular formula is C36H76O4S2Si3. The first kappa shape index (κ1) is 42.4. The molecule has 0 spiro atoms. The first-order valence-corrected chi connectivity index (χ1v) is 28.8. The highest BCUT2D eigenvalue weighted by Crippen LogP contribution is 2.52. The normalized spacial score (nSPS) is 26.0. The van der Waals surface area contributed by atoms with E-state index < -0.39 is 25.0 Å². The third-order valence-corrected chi connectivity index (χ3v) is 30.0. The van der Waals surface area contributed by atoms with Crippen LogP contribution in [0.3, 0.4) is 0 Å². The van der Waals surface area contributed by atoms with Crippen molar-refractivity contribution in [2.75, 3.05) is 18.1 Å². The first-order chi connectivity index (χ1) is 20.6. The third kappa shape index (κ3) is 11.3. The van der Waals surface area contributed by atoms with E-state index in [1.807, 2.05) is 0 Å². The Morgan fingerprint density at radius 1 is 0.800 bits per heavy atom. The van der Waals surface area contributed by atoms with Crippen molar-refractivity contribution in [3.8, 4) is 0 Å². The molecule has 4 nitrogen and oxygen atoms in total. The summed E-state index contributed by atoms with van der Waals surface area (Å²) < 4.78 is 21.2. The molecule has 1 aliphatic heterocycles. The lowest BCUT2D eigenvalue weighted by molar-refractivity contribution is -0.0184. The van der Waals surface area contributed by atoms with Gasteiger partial charge in [-0.05, 0) is 116 Å². The fourth-order valence-electron chi connectivity index (χ4n) is 6.62. The molecule has 2 rings (SSSR count). The van der Waals surface area contributed by atoms with Crippen LogP contribution in [0.2, 0.25) is 54.4 Å². The molecule has 1 N–H and O–H groups in total. The zero-order valence-corrected chi connectivity index (χ0v) is 37.1. The van der Waals surface area contributed by atoms with Gasteiger partial charge in [-0.1, -0.05) is 76.2 Å². The molecule has 45 heavy (non-hydrogen) atoms. The highest BCUT2D eigenvalue weighted by Gasteiger charge is 2.47. The molecule has 0 aromatic rings. The molecule has 0 aromatic heterocycles. The molecule has 2 fully saturated rings. The van der Waals surface area contributed by atoms with Gasteiger partial charge in [0, 0.05) is 12.5 Å². The Morgan fingerprint density at radius 3 is 1.76 bits per heavy atom. The number of aliphatic hydroxyl groups excluding tert-OH is 1. The lowest BCUT2D eigenvalue weighted by Gasteiger charge is -2.48. The molecule has 6 atom stereocenters. The Balaban J connectivity index is 2.16. The van der Waals surface area contributed by atoms with Crippen molar-refractivity contribution < 1.29 is 18.4 Å². The number of hydrogen-bond acceptors (Lipinski definition) is 6. The summed E-state index contributed by atoms with van der Waals surface area (Å²) in [4.78, 5) is 0. The highest BCUT2D eigenvalue weighted by molar-refractivity contribution is 8.18. The molecular weight excluding hydrogens is 645 g/mol. The van der Waals surface area contributed by atoms with E-state index in [9.17, 15) is 5.11 Å². The molecule has 0 amide bonds. The molecule has 1 heterocycles. The summed E-state index contributed by atoms with van der Waals surface area (Å²) in [6.07, 6.45) is 6.53. The second kappa shape index (κ2) is 16.9. The van der Waals surface area contributed by atoms with Crippen LogP contribution in [0.25, 0.3) is 0 Å². The van der Waals surface area contributed by atoms with Gasteiger partial charge in [-0.3, -0.25) is 0 Å². The molecule has 1 saturated carbocycles. The van der Waals surface area contributed by atoms with E-state index >= 15 is 0 Å². The number of rotatable bonds is 16. The summed E-state index contributed by atoms with van der Waals surface area (Å²) in [5, 5.41) is 12.2. The summed E-state index contributed by atoms with van der Waals surface area (Å²) in [5.74, 6) is 3.65. The predicted molar refractivity (Wildman–Crippen MR) is 210 cm³/mol. The van der Waals surface area contributed by atoms with Crippen molar-refractivity contribution in [2.45, 2.75) is 191 Å². The van der Waals surface area contributed by atoms with Gasteiger partial charge >= 0.3 is 0 Å². The van der Waals surface area contributed by atoms with Gasteiger partial charge in [0.1, 0.15) is 0 Å². The van der Waals surface area contributed by atoms with Crippen LogP contribution < -0.4 is 0 Å². The van der Waals surface area contributed by atoms with Crippen molar-refractivity contribution in [1.29, 1.82) is 0 Å². The lowest BCUT2D eigenvalue weighted by atomic mass is 9.78. The molecule has 1 saturated heterocycles. The highest BCUT2D eigenvalue weighted by atomic mass is 32.2. The average Bonchev–Trinajstić information content (AvgIpc) is 2.94. The molecule has 0 aromatic carbocycles. The summed E-state index contributed by atoms with van der Waals surface area (Å²) in [6.45, 7) is 36.2. The largest absolute Gasteiger partial charge is 0.416 e. The van der Waals surface area contributed by atoms with Crippen LogP contribution in [-0.2, 0) is 13.3 Å². The average molecular weight is 721 g/mol. The van der Waals surface area contributed by atoms with Crippen LogP contribution in [0.15, 0.2) is 0 Å². The van der Waals surface area contributed by atoms with Gasteiger partial charge in [-0.15, -0.1) is 23.5 Å². The van der Waals surface area contributed by atoms with E-state index in [0.717, 1.165) is 32.3 Å². The van der Waals surface area contributed by atoms with Crippen LogP contribution in [-0.4, -0.2) is 70.6 Å². The lowest BCUT2D eigenvalue weighted by Crippen LogP contribution is -2.53. The number of aliphatic hydroxyl groups is 1. The van der Waals surface area contributed by atoms with Crippen molar-refractivity contribution >= 4 is 48.5 Å². The minimum atomic E-state index is -1.96. The Bertz CT molecular complexity index is 870. The van der Waals surface area contributed by atoms with E-state index in [2.05, 4.69) is 126 Å². The summed E-state index contributed by atoms with van der Waals surface area (Å²) in [6, 6.07) is 3.59. The molecule has 9 heteroatoms. The predicted octanol–water partition coefficient (Wildman–Crippen LogP) is 11.6. The van der Waals surface area contributed by atoms with Crippen molar-refractivity contribution in [2.24, 2.45) is 17.8 Å². The molecule has 0 bridgehead atoms. The van der Waals surface area contributed by atoms with E-state index in [0.29, 0.717) is 11.8 Å². The Labute approximate surface area is 292 Å². The van der Waals surface area contributed by atoms with Crippen molar-refractivity contribution in [3.63, 3.8) is 0 Å². The van der Waals surface area contributed by atoms with Gasteiger partial charge in [-0.2, -0.15) is 0 Å². The second-order valence-corrected chi connectivity index (χ2v) is 35.2. The van der Waals surface area contributed by atoms with Crippen LogP contribution in [0.5, 0.6) is 0 Å². The van der Waals surface area contributed by atoms with Crippen LogP contribution in [0.1, 0.15) is 115 Å². The van der Waals surface area contributed by atoms with Gasteiger partial charge in [0.05, 0.1) is 22.4 Å². The van der Waals surface area contributed by atoms with Crippen LogP contribution in [0, 0.1) is 17.8 Å². The van der Waals surface area contributed by atoms with Crippen LogP contribution >= 0.6 is 23.5 Å². The SMILES string of the molecule is CC[Si](CC)(CC)OC[C@@H](C)C1(C[C@H](O)[C@H](C)C[C@@H]2CC[C@@H](O[Si](C)(C)C(C)(C)C)[C@H](O[Si](C)(C)C(C)(C)C)C2)SCCCS1. The maximum Gasteiger partial charge on any atom is 0.192 e. The van der Waals surface area contributed by atoms with E-state index in [1.165, 1.54) is 42.5 Å². The standard InChI is InChI=1S/C36H76O4S2Si3/c1-16-45(17-2,18-3)38-27-29(5)36(41-22-19-23-42-36)26-31(37)28(4)24-30-20-21-32(39-43(12,13)34(6,7)8)33(25-30)40-44(14,15)35(9,10)11/h28-33,37H,16-27H2,1-15H3/t28-,29-,30+,31+,32-,33-/m1/s1. The van der Waals surface area contributed by atoms with Gasteiger partial charge < -0.3 is 18.4 Å². The van der Waals surface area contributed by atoms with Crippen LogP contribution in [0.4, 0.5) is 0 Å². The number of hydrogen-bond donors (Lipinski definition) is 1. The molecule has 1 aliphatic carbocycles. The number of thioether (sulfide) groups is 2. The maximum absolute atomic E-state index is 11.8. The fourth-order valence-corrected chi connectivity index (χ4v) is 15.6. The summed E-state index contributed by atoms with van der Waals surface area (Å²) >= 11 is 4.22. The zero-order chi connectivity index (χ0) is 34.5. The van der Waals surface area contributed by atoms with Crippen molar-refractivity contribution in [3.05, 3.63) is 0 Å². The van der Waals surface area contributed by atoms with E-state index in [1.54, 1.807) is 0 Å². The van der Waals surface area contributed by atoms with Gasteiger partial charge in [-0.25, -0.2) is 0 Å². The van der Waals surface area contributed by atoms with Gasteiger partial charge in [0.15, 0.2) is 25.0 Å². The third-order valence-electron chi connectivity index (χ3n) is 12.5. The zero-order valence-electron chi connectivity index (χ0n) is 32.4. The van der Waals surface area contributed by atoms with E-state index in [-0.39, 0.29) is 38.4 Å². The summed E-state index contributed by atoms with van der Waals surface area (Å²) in [5.41, 5.74) is 0. The topological polar surface area (TPSA) is 47.9 Å². The molecule has 268 valence electrons. The minimum absolute atomic E-state index is 0.0456.